The van der Waals surface area contributed by atoms with E-state index in [2.05, 4.69) is 0 Å². The van der Waals surface area contributed by atoms with Crippen molar-refractivity contribution in [2.45, 2.75) is 31.0 Å². The number of hydrogen-bond acceptors (Lipinski definition) is 5. The number of nitrogens with zero attached hydrogens (tertiary/aromatic N) is 2. The molecule has 188 valence electrons. The van der Waals surface area contributed by atoms with Crippen LogP contribution in [0.1, 0.15) is 56.8 Å². The Morgan fingerprint density at radius 1 is 0.838 bits per heavy atom. The molecule has 3 aromatic rings. The second-order valence-corrected chi connectivity index (χ2v) is 9.26. The van der Waals surface area contributed by atoms with E-state index in [0.717, 1.165) is 16.0 Å². The van der Waals surface area contributed by atoms with Crippen molar-refractivity contribution >= 4 is 17.8 Å². The molecule has 2 aliphatic rings. The first-order valence-electron chi connectivity index (χ1n) is 12.3. The number of fused-ring (bicyclic) bond motifs is 1. The van der Waals surface area contributed by atoms with Crippen molar-refractivity contribution in [3.63, 3.8) is 0 Å². The highest BCUT2D eigenvalue weighted by Gasteiger charge is 2.43. The standard InChI is InChI=1S/C30H27FN2O4/c1-32-25(19-22(31)15-10-18-33-28(34)23-16-8-9-17-24(23)29(33)35)30(36)37-27(21-13-6-3-7-14-21)26(32)20-11-4-2-5-12-20/h2-9,11-17,25-27H,10,18-19H2,1H3/b22-15-. The van der Waals surface area contributed by atoms with Gasteiger partial charge in [-0.2, -0.15) is 0 Å². The van der Waals surface area contributed by atoms with Crippen LogP contribution in [-0.2, 0) is 9.53 Å². The van der Waals surface area contributed by atoms with Crippen molar-refractivity contribution in [2.75, 3.05) is 13.6 Å². The predicted octanol–water partition coefficient (Wildman–Crippen LogP) is 5.26. The molecule has 7 heteroatoms. The average molecular weight is 499 g/mol. The lowest BCUT2D eigenvalue weighted by molar-refractivity contribution is -0.173. The fraction of sp³-hybridized carbons (Fsp3) is 0.233. The van der Waals surface area contributed by atoms with Crippen LogP contribution in [0.25, 0.3) is 0 Å². The maximum Gasteiger partial charge on any atom is 0.324 e. The lowest BCUT2D eigenvalue weighted by Crippen LogP contribution is -2.49. The summed E-state index contributed by atoms with van der Waals surface area (Å²) in [6.45, 7) is 0.0629. The zero-order chi connectivity index (χ0) is 25.9. The third-order valence-electron chi connectivity index (χ3n) is 6.99. The van der Waals surface area contributed by atoms with Crippen molar-refractivity contribution in [1.29, 1.82) is 0 Å². The number of hydrogen-bond donors (Lipinski definition) is 0. The molecule has 0 aliphatic carbocycles. The number of rotatable bonds is 7. The molecular formula is C30H27FN2O4. The molecule has 2 aliphatic heterocycles. The lowest BCUT2D eigenvalue weighted by atomic mass is 9.91. The van der Waals surface area contributed by atoms with Gasteiger partial charge in [-0.05, 0) is 36.7 Å². The summed E-state index contributed by atoms with van der Waals surface area (Å²) in [5, 5.41) is 0. The van der Waals surface area contributed by atoms with Gasteiger partial charge in [-0.3, -0.25) is 24.2 Å². The van der Waals surface area contributed by atoms with E-state index in [-0.39, 0.29) is 37.2 Å². The van der Waals surface area contributed by atoms with Crippen molar-refractivity contribution in [3.8, 4) is 0 Å². The molecule has 2 amide bonds. The Kier molecular flexibility index (Phi) is 6.97. The van der Waals surface area contributed by atoms with Gasteiger partial charge in [0.15, 0.2) is 0 Å². The molecule has 0 saturated carbocycles. The van der Waals surface area contributed by atoms with Crippen LogP contribution in [-0.4, -0.2) is 47.2 Å². The number of morpholine rings is 1. The topological polar surface area (TPSA) is 66.9 Å². The highest BCUT2D eigenvalue weighted by atomic mass is 19.1. The van der Waals surface area contributed by atoms with Gasteiger partial charge in [0.25, 0.3) is 11.8 Å². The summed E-state index contributed by atoms with van der Waals surface area (Å²) in [6, 6.07) is 24.8. The third kappa shape index (κ3) is 4.82. The zero-order valence-electron chi connectivity index (χ0n) is 20.4. The van der Waals surface area contributed by atoms with Crippen LogP contribution >= 0.6 is 0 Å². The van der Waals surface area contributed by atoms with E-state index >= 15 is 4.39 Å². The molecule has 37 heavy (non-hydrogen) atoms. The average Bonchev–Trinajstić information content (AvgIpc) is 3.16. The maximum absolute atomic E-state index is 15.1. The molecule has 3 aromatic carbocycles. The molecule has 1 fully saturated rings. The zero-order valence-corrected chi connectivity index (χ0v) is 20.4. The van der Waals surface area contributed by atoms with Gasteiger partial charge in [0, 0.05) is 13.0 Å². The minimum atomic E-state index is -0.819. The minimum absolute atomic E-state index is 0.0629. The molecule has 6 nitrogen and oxygen atoms in total. The minimum Gasteiger partial charge on any atom is -0.454 e. The van der Waals surface area contributed by atoms with Gasteiger partial charge in [0.2, 0.25) is 0 Å². The summed E-state index contributed by atoms with van der Waals surface area (Å²) in [5.74, 6) is -1.73. The Bertz CT molecular complexity index is 1310. The Balaban J connectivity index is 1.29. The Morgan fingerprint density at radius 2 is 1.38 bits per heavy atom. The van der Waals surface area contributed by atoms with Crippen LogP contribution in [0.5, 0.6) is 0 Å². The summed E-state index contributed by atoms with van der Waals surface area (Å²) in [4.78, 5) is 41.1. The first-order valence-corrected chi connectivity index (χ1v) is 12.3. The van der Waals surface area contributed by atoms with Crippen molar-refractivity contribution in [1.82, 2.24) is 9.80 Å². The summed E-state index contributed by atoms with van der Waals surface area (Å²) in [7, 11) is 1.81. The normalized spacial score (nSPS) is 22.2. The van der Waals surface area contributed by atoms with E-state index < -0.39 is 23.9 Å². The van der Waals surface area contributed by atoms with Gasteiger partial charge in [-0.15, -0.1) is 0 Å². The van der Waals surface area contributed by atoms with Crippen LogP contribution in [0.2, 0.25) is 0 Å². The second-order valence-electron chi connectivity index (χ2n) is 9.26. The number of imide groups is 1. The number of ether oxygens (including phenoxy) is 1. The smallest absolute Gasteiger partial charge is 0.324 e. The van der Waals surface area contributed by atoms with Crippen LogP contribution in [0.4, 0.5) is 4.39 Å². The van der Waals surface area contributed by atoms with Crippen molar-refractivity contribution in [3.05, 3.63) is 119 Å². The number of carbonyl (C=O) groups excluding carboxylic acids is 3. The third-order valence-corrected chi connectivity index (χ3v) is 6.99. The summed E-state index contributed by atoms with van der Waals surface area (Å²) >= 11 is 0. The number of cyclic esters (lactones) is 1. The highest BCUT2D eigenvalue weighted by Crippen LogP contribution is 2.42. The van der Waals surface area contributed by atoms with E-state index in [1.165, 1.54) is 6.08 Å². The predicted molar refractivity (Wildman–Crippen MR) is 136 cm³/mol. The van der Waals surface area contributed by atoms with E-state index in [9.17, 15) is 14.4 Å². The number of likely N-dealkylation sites (N-methyl/N-ethyl adjacent to an activating group) is 1. The Morgan fingerprint density at radius 3 is 1.97 bits per heavy atom. The SMILES string of the molecule is CN1C(C/C(F)=C/CCN2C(=O)c3ccccc3C2=O)C(=O)OC(c2ccccc2)C1c1ccccc1. The van der Waals surface area contributed by atoms with Crippen molar-refractivity contribution in [2.24, 2.45) is 0 Å². The van der Waals surface area contributed by atoms with Gasteiger partial charge in [-0.1, -0.05) is 78.9 Å². The highest BCUT2D eigenvalue weighted by molar-refractivity contribution is 6.21. The number of benzene rings is 3. The lowest BCUT2D eigenvalue weighted by Gasteiger charge is -2.43. The molecule has 3 atom stereocenters. The largest absolute Gasteiger partial charge is 0.454 e. The fourth-order valence-electron chi connectivity index (χ4n) is 5.08. The molecule has 0 bridgehead atoms. The monoisotopic (exact) mass is 498 g/mol. The first-order chi connectivity index (χ1) is 18.0. The summed E-state index contributed by atoms with van der Waals surface area (Å²) in [5.41, 5.74) is 2.56. The quantitative estimate of drug-likeness (QED) is 0.329. The van der Waals surface area contributed by atoms with Crippen LogP contribution < -0.4 is 0 Å². The van der Waals surface area contributed by atoms with Crippen LogP contribution in [0, 0.1) is 0 Å². The fourth-order valence-corrected chi connectivity index (χ4v) is 5.08. The molecular weight excluding hydrogens is 471 g/mol. The molecule has 3 unspecified atom stereocenters. The van der Waals surface area contributed by atoms with Crippen LogP contribution in [0.15, 0.2) is 96.8 Å². The van der Waals surface area contributed by atoms with Gasteiger partial charge < -0.3 is 4.74 Å². The number of halogens is 1. The first kappa shape index (κ1) is 24.6. The van der Waals surface area contributed by atoms with Gasteiger partial charge in [0.1, 0.15) is 12.1 Å². The van der Waals surface area contributed by atoms with Gasteiger partial charge >= 0.3 is 5.97 Å². The van der Waals surface area contributed by atoms with Gasteiger partial charge in [-0.25, -0.2) is 4.39 Å². The van der Waals surface area contributed by atoms with Gasteiger partial charge in [0.05, 0.1) is 23.0 Å². The summed E-state index contributed by atoms with van der Waals surface area (Å²) in [6.07, 6.45) is 0.795. The van der Waals surface area contributed by atoms with E-state index in [0.29, 0.717) is 11.1 Å². The molecule has 2 heterocycles. The number of esters is 1. The molecule has 5 rings (SSSR count). The number of amides is 2. The molecule has 0 radical (unpaired) electrons. The van der Waals surface area contributed by atoms with Crippen LogP contribution in [0.3, 0.4) is 0 Å². The summed E-state index contributed by atoms with van der Waals surface area (Å²) < 4.78 is 21.0. The molecule has 0 N–H and O–H groups in total. The second kappa shape index (κ2) is 10.5. The Hall–Kier alpha value is -4.10. The van der Waals surface area contributed by atoms with E-state index in [1.807, 2.05) is 72.6 Å². The molecule has 0 aromatic heterocycles. The molecule has 1 saturated heterocycles. The van der Waals surface area contributed by atoms with E-state index in [4.69, 9.17) is 4.74 Å². The number of carbonyl (C=O) groups is 3. The Labute approximate surface area is 215 Å². The van der Waals surface area contributed by atoms with Crippen molar-refractivity contribution < 1.29 is 23.5 Å². The van der Waals surface area contributed by atoms with E-state index in [1.54, 1.807) is 24.3 Å². The molecule has 0 spiro atoms. The maximum atomic E-state index is 15.1.